The van der Waals surface area contributed by atoms with Crippen LogP contribution in [0.5, 0.6) is 0 Å². The van der Waals surface area contributed by atoms with E-state index in [0.717, 1.165) is 0 Å². The third kappa shape index (κ3) is 3.33. The van der Waals surface area contributed by atoms with Gasteiger partial charge in [-0.3, -0.25) is 9.59 Å². The summed E-state index contributed by atoms with van der Waals surface area (Å²) in [5, 5.41) is 9.33. The van der Waals surface area contributed by atoms with Gasteiger partial charge in [-0.25, -0.2) is 4.39 Å². The minimum atomic E-state index is -1.06. The van der Waals surface area contributed by atoms with Gasteiger partial charge in [0.05, 0.1) is 10.6 Å². The average molecular weight is 315 g/mol. The van der Waals surface area contributed by atoms with Gasteiger partial charge in [-0.05, 0) is 19.1 Å². The number of benzene rings is 1. The summed E-state index contributed by atoms with van der Waals surface area (Å²) >= 11 is 5.88. The lowest BCUT2D eigenvalue weighted by atomic mass is 10.1. The molecular weight excluding hydrogens is 299 g/mol. The molecular formula is C14H16ClFN2O3. The van der Waals surface area contributed by atoms with Gasteiger partial charge < -0.3 is 14.9 Å². The molecule has 0 aliphatic carbocycles. The molecule has 0 aromatic heterocycles. The normalized spacial score (nSPS) is 16.8. The Bertz CT molecular complexity index is 537. The smallest absolute Gasteiger partial charge is 0.258 e. The minimum Gasteiger partial charge on any atom is -0.384 e. The van der Waals surface area contributed by atoms with Crippen molar-refractivity contribution in [1.29, 1.82) is 0 Å². The third-order valence-corrected chi connectivity index (χ3v) is 3.73. The minimum absolute atomic E-state index is 0.0717. The summed E-state index contributed by atoms with van der Waals surface area (Å²) in [4.78, 5) is 26.9. The second-order valence-corrected chi connectivity index (χ2v) is 5.30. The Morgan fingerprint density at radius 2 is 1.81 bits per heavy atom. The number of nitrogens with zero attached hydrogens (tertiary/aromatic N) is 2. The van der Waals surface area contributed by atoms with Crippen LogP contribution in [0, 0.1) is 5.82 Å². The van der Waals surface area contributed by atoms with Crippen LogP contribution in [0.3, 0.4) is 0 Å². The molecule has 5 nitrogen and oxygen atoms in total. The molecule has 1 aromatic rings. The second-order valence-electron chi connectivity index (χ2n) is 4.89. The molecule has 2 rings (SSSR count). The van der Waals surface area contributed by atoms with E-state index in [1.165, 1.54) is 34.9 Å². The quantitative estimate of drug-likeness (QED) is 0.890. The van der Waals surface area contributed by atoms with Crippen LogP contribution in [-0.2, 0) is 4.79 Å². The fourth-order valence-electron chi connectivity index (χ4n) is 2.25. The lowest BCUT2D eigenvalue weighted by molar-refractivity contribution is -0.140. The van der Waals surface area contributed by atoms with Crippen molar-refractivity contribution in [2.45, 2.75) is 13.0 Å². The molecule has 1 aromatic carbocycles. The maximum absolute atomic E-state index is 13.7. The summed E-state index contributed by atoms with van der Waals surface area (Å²) in [5.41, 5.74) is -0.144. The standard InChI is InChI=1S/C14H16ClFN2O3/c1-9(19)13(20)17-5-7-18(8-6-17)14(21)12-10(15)3-2-4-11(12)16/h2-4,9,19H,5-8H2,1H3. The average Bonchev–Trinajstić information content (AvgIpc) is 2.46. The van der Waals surface area contributed by atoms with Gasteiger partial charge in [-0.15, -0.1) is 0 Å². The first-order valence-electron chi connectivity index (χ1n) is 6.62. The van der Waals surface area contributed by atoms with E-state index in [1.807, 2.05) is 0 Å². The van der Waals surface area contributed by atoms with E-state index in [1.54, 1.807) is 0 Å². The molecule has 1 fully saturated rings. The first-order valence-corrected chi connectivity index (χ1v) is 6.99. The number of carbonyl (C=O) groups excluding carboxylic acids is 2. The maximum atomic E-state index is 13.7. The highest BCUT2D eigenvalue weighted by atomic mass is 35.5. The number of piperazine rings is 1. The summed E-state index contributed by atoms with van der Waals surface area (Å²) in [5.74, 6) is -1.51. The molecule has 1 aliphatic heterocycles. The van der Waals surface area contributed by atoms with Crippen LogP contribution in [0.25, 0.3) is 0 Å². The lowest BCUT2D eigenvalue weighted by Crippen LogP contribution is -2.52. The predicted octanol–water partition coefficient (Wildman–Crippen LogP) is 1.14. The van der Waals surface area contributed by atoms with Crippen molar-refractivity contribution in [2.75, 3.05) is 26.2 Å². The van der Waals surface area contributed by atoms with Crippen LogP contribution in [0.2, 0.25) is 5.02 Å². The fourth-order valence-corrected chi connectivity index (χ4v) is 2.50. The number of aliphatic hydroxyl groups is 1. The highest BCUT2D eigenvalue weighted by Crippen LogP contribution is 2.21. The van der Waals surface area contributed by atoms with Crippen LogP contribution in [0.4, 0.5) is 4.39 Å². The van der Waals surface area contributed by atoms with Crippen molar-refractivity contribution in [1.82, 2.24) is 9.80 Å². The molecule has 0 radical (unpaired) electrons. The molecule has 0 bridgehead atoms. The Balaban J connectivity index is 2.06. The second kappa shape index (κ2) is 6.41. The SMILES string of the molecule is CC(O)C(=O)N1CCN(C(=O)c2c(F)cccc2Cl)CC1. The Morgan fingerprint density at radius 1 is 1.24 bits per heavy atom. The van der Waals surface area contributed by atoms with Gasteiger partial charge >= 0.3 is 0 Å². The first-order chi connectivity index (χ1) is 9.91. The number of hydrogen-bond donors (Lipinski definition) is 1. The predicted molar refractivity (Wildman–Crippen MR) is 75.6 cm³/mol. The van der Waals surface area contributed by atoms with Crippen molar-refractivity contribution < 1.29 is 19.1 Å². The van der Waals surface area contributed by atoms with Crippen LogP contribution >= 0.6 is 11.6 Å². The van der Waals surface area contributed by atoms with Crippen LogP contribution in [-0.4, -0.2) is 59.0 Å². The van der Waals surface area contributed by atoms with E-state index >= 15 is 0 Å². The number of hydrogen-bond acceptors (Lipinski definition) is 3. The number of rotatable bonds is 2. The van der Waals surface area contributed by atoms with Crippen LogP contribution < -0.4 is 0 Å². The van der Waals surface area contributed by atoms with Crippen molar-refractivity contribution >= 4 is 23.4 Å². The van der Waals surface area contributed by atoms with E-state index in [0.29, 0.717) is 13.1 Å². The summed E-state index contributed by atoms with van der Waals surface area (Å²) in [6, 6.07) is 4.09. The topological polar surface area (TPSA) is 60.9 Å². The molecule has 1 aliphatic rings. The molecule has 7 heteroatoms. The summed E-state index contributed by atoms with van der Waals surface area (Å²) in [6.07, 6.45) is -1.06. The molecule has 1 heterocycles. The Morgan fingerprint density at radius 3 is 2.33 bits per heavy atom. The molecule has 114 valence electrons. The molecule has 21 heavy (non-hydrogen) atoms. The van der Waals surface area contributed by atoms with Gasteiger partial charge in [0.1, 0.15) is 11.9 Å². The molecule has 1 N–H and O–H groups in total. The summed E-state index contributed by atoms with van der Waals surface area (Å²) in [7, 11) is 0. The summed E-state index contributed by atoms with van der Waals surface area (Å²) in [6.45, 7) is 2.58. The molecule has 0 saturated carbocycles. The van der Waals surface area contributed by atoms with E-state index in [4.69, 9.17) is 11.6 Å². The largest absolute Gasteiger partial charge is 0.384 e. The van der Waals surface area contributed by atoms with Gasteiger partial charge in [0.2, 0.25) is 0 Å². The Kier molecular flexibility index (Phi) is 4.80. The highest BCUT2D eigenvalue weighted by Gasteiger charge is 2.28. The van der Waals surface area contributed by atoms with E-state index < -0.39 is 17.8 Å². The van der Waals surface area contributed by atoms with Crippen LogP contribution in [0.1, 0.15) is 17.3 Å². The van der Waals surface area contributed by atoms with E-state index in [2.05, 4.69) is 0 Å². The van der Waals surface area contributed by atoms with Gasteiger partial charge in [0.25, 0.3) is 11.8 Å². The Labute approximate surface area is 126 Å². The van der Waals surface area contributed by atoms with Crippen molar-refractivity contribution in [3.63, 3.8) is 0 Å². The van der Waals surface area contributed by atoms with Crippen molar-refractivity contribution in [3.8, 4) is 0 Å². The van der Waals surface area contributed by atoms with Crippen LogP contribution in [0.15, 0.2) is 18.2 Å². The Hall–Kier alpha value is -1.66. The summed E-state index contributed by atoms with van der Waals surface area (Å²) < 4.78 is 13.7. The van der Waals surface area contributed by atoms with Gasteiger partial charge in [-0.2, -0.15) is 0 Å². The maximum Gasteiger partial charge on any atom is 0.258 e. The number of aliphatic hydroxyl groups excluding tert-OH is 1. The molecule has 0 spiro atoms. The molecule has 1 atom stereocenters. The number of halogens is 2. The van der Waals surface area contributed by atoms with Crippen molar-refractivity contribution in [2.24, 2.45) is 0 Å². The highest BCUT2D eigenvalue weighted by molar-refractivity contribution is 6.33. The fraction of sp³-hybridized carbons (Fsp3) is 0.429. The van der Waals surface area contributed by atoms with Gasteiger partial charge in [-0.1, -0.05) is 17.7 Å². The lowest BCUT2D eigenvalue weighted by Gasteiger charge is -2.35. The molecule has 1 saturated heterocycles. The molecule has 2 amide bonds. The van der Waals surface area contributed by atoms with Gasteiger partial charge in [0.15, 0.2) is 0 Å². The zero-order valence-electron chi connectivity index (χ0n) is 11.6. The van der Waals surface area contributed by atoms with E-state index in [-0.39, 0.29) is 29.6 Å². The zero-order valence-corrected chi connectivity index (χ0v) is 12.3. The molecule has 1 unspecified atom stereocenters. The first kappa shape index (κ1) is 15.7. The van der Waals surface area contributed by atoms with Crippen molar-refractivity contribution in [3.05, 3.63) is 34.6 Å². The van der Waals surface area contributed by atoms with E-state index in [9.17, 15) is 19.1 Å². The number of amides is 2. The zero-order chi connectivity index (χ0) is 15.6. The monoisotopic (exact) mass is 314 g/mol. The number of carbonyl (C=O) groups is 2. The van der Waals surface area contributed by atoms with Gasteiger partial charge in [0, 0.05) is 26.2 Å². The third-order valence-electron chi connectivity index (χ3n) is 3.41.